The number of nitrogens with one attached hydrogen (secondary N) is 1. The maximum absolute atomic E-state index is 5.70. The highest BCUT2D eigenvalue weighted by Gasteiger charge is 2.11. The van der Waals surface area contributed by atoms with Crippen LogP contribution in [0.5, 0.6) is 5.75 Å². The lowest BCUT2D eigenvalue weighted by atomic mass is 10.1. The highest BCUT2D eigenvalue weighted by atomic mass is 16.5. The maximum atomic E-state index is 5.70. The van der Waals surface area contributed by atoms with Gasteiger partial charge in [0.15, 0.2) is 11.6 Å². The first-order valence-electron chi connectivity index (χ1n) is 5.89. The minimum absolute atomic E-state index is 0.166. The maximum Gasteiger partial charge on any atom is 0.168 e. The predicted octanol–water partition coefficient (Wildman–Crippen LogP) is 3.33. The van der Waals surface area contributed by atoms with E-state index in [4.69, 9.17) is 4.74 Å². The fourth-order valence-electron chi connectivity index (χ4n) is 1.23. The Morgan fingerprint density at radius 2 is 1.88 bits per heavy atom. The Morgan fingerprint density at radius 1 is 1.19 bits per heavy atom. The van der Waals surface area contributed by atoms with E-state index in [1.165, 1.54) is 0 Å². The molecule has 0 aromatic carbocycles. The number of ether oxygens (including phenoxy) is 1. The molecule has 3 nitrogen and oxygen atoms in total. The van der Waals surface area contributed by atoms with Crippen LogP contribution in [-0.2, 0) is 0 Å². The second kappa shape index (κ2) is 5.73. The average Bonchev–Trinajstić information content (AvgIpc) is 2.20. The zero-order valence-corrected chi connectivity index (χ0v) is 10.8. The summed E-state index contributed by atoms with van der Waals surface area (Å²) in [5.41, 5.74) is 0. The molecule has 0 bridgehead atoms. The molecule has 1 N–H and O–H groups in total. The number of anilines is 1. The molecule has 0 saturated heterocycles. The molecule has 1 aromatic heterocycles. The second-order valence-corrected chi connectivity index (χ2v) is 4.69. The number of hydrogen-bond donors (Lipinski definition) is 1. The van der Waals surface area contributed by atoms with Crippen molar-refractivity contribution in [3.8, 4) is 5.75 Å². The molecule has 1 aromatic rings. The summed E-state index contributed by atoms with van der Waals surface area (Å²) in [5, 5.41) is 3.38. The van der Waals surface area contributed by atoms with E-state index in [9.17, 15) is 0 Å². The van der Waals surface area contributed by atoms with Gasteiger partial charge in [0.1, 0.15) is 0 Å². The van der Waals surface area contributed by atoms with Gasteiger partial charge in [0.2, 0.25) is 0 Å². The van der Waals surface area contributed by atoms with Crippen molar-refractivity contribution in [1.29, 1.82) is 0 Å². The smallest absolute Gasteiger partial charge is 0.168 e. The lowest BCUT2D eigenvalue weighted by Crippen LogP contribution is -2.23. The van der Waals surface area contributed by atoms with Gasteiger partial charge in [-0.25, -0.2) is 4.98 Å². The second-order valence-electron chi connectivity index (χ2n) is 4.69. The van der Waals surface area contributed by atoms with Crippen molar-refractivity contribution in [3.05, 3.63) is 18.3 Å². The molecule has 16 heavy (non-hydrogen) atoms. The molecule has 1 atom stereocenters. The minimum Gasteiger partial charge on any atom is -0.487 e. The van der Waals surface area contributed by atoms with Crippen LogP contribution in [0.25, 0.3) is 0 Å². The van der Waals surface area contributed by atoms with Crippen LogP contribution in [0, 0.1) is 5.92 Å². The Kier molecular flexibility index (Phi) is 4.59. The van der Waals surface area contributed by atoms with Gasteiger partial charge in [-0.05, 0) is 38.8 Å². The first-order chi connectivity index (χ1) is 7.50. The molecule has 0 saturated carbocycles. The van der Waals surface area contributed by atoms with E-state index in [0.717, 1.165) is 11.6 Å². The first kappa shape index (κ1) is 12.8. The summed E-state index contributed by atoms with van der Waals surface area (Å²) in [5.74, 6) is 2.22. The highest BCUT2D eigenvalue weighted by molar-refractivity contribution is 5.50. The normalized spacial score (nSPS) is 12.9. The van der Waals surface area contributed by atoms with Crippen molar-refractivity contribution in [3.63, 3.8) is 0 Å². The Morgan fingerprint density at radius 3 is 2.44 bits per heavy atom. The Balaban J connectivity index is 2.78. The zero-order chi connectivity index (χ0) is 12.1. The summed E-state index contributed by atoms with van der Waals surface area (Å²) in [4.78, 5) is 4.32. The topological polar surface area (TPSA) is 34.1 Å². The third kappa shape index (κ3) is 3.72. The van der Waals surface area contributed by atoms with Crippen molar-refractivity contribution in [2.45, 2.75) is 46.8 Å². The summed E-state index contributed by atoms with van der Waals surface area (Å²) in [6, 6.07) is 4.22. The van der Waals surface area contributed by atoms with Gasteiger partial charge in [0.05, 0.1) is 6.10 Å². The van der Waals surface area contributed by atoms with Gasteiger partial charge in [0.25, 0.3) is 0 Å². The number of pyridine rings is 1. The molecule has 0 radical (unpaired) electrons. The van der Waals surface area contributed by atoms with Crippen LogP contribution >= 0.6 is 0 Å². The predicted molar refractivity (Wildman–Crippen MR) is 67.9 cm³/mol. The quantitative estimate of drug-likeness (QED) is 0.829. The Labute approximate surface area is 98.2 Å². The van der Waals surface area contributed by atoms with Gasteiger partial charge in [-0.3, -0.25) is 0 Å². The molecule has 0 aliphatic carbocycles. The van der Waals surface area contributed by atoms with E-state index in [1.807, 2.05) is 26.0 Å². The fraction of sp³-hybridized carbons (Fsp3) is 0.615. The van der Waals surface area contributed by atoms with Gasteiger partial charge in [-0.1, -0.05) is 13.8 Å². The van der Waals surface area contributed by atoms with Crippen LogP contribution < -0.4 is 10.1 Å². The third-order valence-corrected chi connectivity index (χ3v) is 2.50. The van der Waals surface area contributed by atoms with Crippen LogP contribution in [0.3, 0.4) is 0 Å². The van der Waals surface area contributed by atoms with E-state index >= 15 is 0 Å². The number of rotatable bonds is 5. The molecule has 3 heteroatoms. The van der Waals surface area contributed by atoms with E-state index in [1.54, 1.807) is 6.20 Å². The summed E-state index contributed by atoms with van der Waals surface area (Å²) in [6.07, 6.45) is 1.95. The Hall–Kier alpha value is -1.25. The van der Waals surface area contributed by atoms with Gasteiger partial charge >= 0.3 is 0 Å². The summed E-state index contributed by atoms with van der Waals surface area (Å²) >= 11 is 0. The van der Waals surface area contributed by atoms with E-state index in [0.29, 0.717) is 12.0 Å². The molecule has 90 valence electrons. The van der Waals surface area contributed by atoms with Crippen LogP contribution in [0.2, 0.25) is 0 Å². The van der Waals surface area contributed by atoms with Crippen LogP contribution in [0.1, 0.15) is 34.6 Å². The number of hydrogen-bond acceptors (Lipinski definition) is 3. The highest BCUT2D eigenvalue weighted by Crippen LogP contribution is 2.23. The lowest BCUT2D eigenvalue weighted by molar-refractivity contribution is 0.242. The van der Waals surface area contributed by atoms with Crippen molar-refractivity contribution in [2.24, 2.45) is 5.92 Å². The fourth-order valence-corrected chi connectivity index (χ4v) is 1.23. The van der Waals surface area contributed by atoms with E-state index in [2.05, 4.69) is 31.1 Å². The van der Waals surface area contributed by atoms with E-state index in [-0.39, 0.29) is 6.10 Å². The monoisotopic (exact) mass is 222 g/mol. The molecule has 1 heterocycles. The minimum atomic E-state index is 0.166. The molecule has 1 unspecified atom stereocenters. The first-order valence-corrected chi connectivity index (χ1v) is 5.89. The summed E-state index contributed by atoms with van der Waals surface area (Å²) < 4.78 is 5.70. The molecule has 0 fully saturated rings. The standard InChI is InChI=1S/C13H22N2O/c1-9(2)11(5)15-13-12(16-10(3)4)7-6-8-14-13/h6-11H,1-5H3,(H,14,15). The lowest BCUT2D eigenvalue weighted by Gasteiger charge is -2.20. The van der Waals surface area contributed by atoms with Gasteiger partial charge in [-0.2, -0.15) is 0 Å². The molecule has 1 rings (SSSR count). The van der Waals surface area contributed by atoms with Crippen molar-refractivity contribution >= 4 is 5.82 Å². The summed E-state index contributed by atoms with van der Waals surface area (Å²) in [6.45, 7) is 10.6. The molecule has 0 amide bonds. The molecular weight excluding hydrogens is 200 g/mol. The molecule has 0 aliphatic rings. The Bertz CT molecular complexity index is 323. The van der Waals surface area contributed by atoms with Crippen LogP contribution in [-0.4, -0.2) is 17.1 Å². The van der Waals surface area contributed by atoms with E-state index < -0.39 is 0 Å². The molecular formula is C13H22N2O. The third-order valence-electron chi connectivity index (χ3n) is 2.50. The average molecular weight is 222 g/mol. The van der Waals surface area contributed by atoms with Gasteiger partial charge in [0, 0.05) is 12.2 Å². The van der Waals surface area contributed by atoms with Crippen molar-refractivity contribution in [1.82, 2.24) is 4.98 Å². The SMILES string of the molecule is CC(C)Oc1cccnc1NC(C)C(C)C. The van der Waals surface area contributed by atoms with Crippen LogP contribution in [0.15, 0.2) is 18.3 Å². The summed E-state index contributed by atoms with van der Waals surface area (Å²) in [7, 11) is 0. The van der Waals surface area contributed by atoms with Crippen LogP contribution in [0.4, 0.5) is 5.82 Å². The largest absolute Gasteiger partial charge is 0.487 e. The molecule has 0 aliphatic heterocycles. The number of nitrogens with zero attached hydrogens (tertiary/aromatic N) is 1. The van der Waals surface area contributed by atoms with Crippen molar-refractivity contribution in [2.75, 3.05) is 5.32 Å². The van der Waals surface area contributed by atoms with Gasteiger partial charge in [-0.15, -0.1) is 0 Å². The zero-order valence-electron chi connectivity index (χ0n) is 10.8. The number of aromatic nitrogens is 1. The van der Waals surface area contributed by atoms with Gasteiger partial charge < -0.3 is 10.1 Å². The molecule has 0 spiro atoms. The van der Waals surface area contributed by atoms with Crippen molar-refractivity contribution < 1.29 is 4.74 Å².